The third-order valence-corrected chi connectivity index (χ3v) is 7.53. The molecule has 40 heavy (non-hydrogen) atoms. The van der Waals surface area contributed by atoms with Gasteiger partial charge in [-0.3, -0.25) is 4.79 Å². The maximum absolute atomic E-state index is 13.5. The van der Waals surface area contributed by atoms with Crippen LogP contribution in [0.3, 0.4) is 0 Å². The first-order valence-corrected chi connectivity index (χ1v) is 12.9. The number of halogens is 3. The number of aryl methyl sites for hydroxylation is 1. The molecule has 0 aliphatic carbocycles. The normalized spacial score (nSPS) is 11.4. The highest BCUT2D eigenvalue weighted by Crippen LogP contribution is 2.44. The van der Waals surface area contributed by atoms with Crippen LogP contribution in [0, 0.1) is 6.92 Å². The lowest BCUT2D eigenvalue weighted by atomic mass is 9.98. The number of ether oxygens (including phenoxy) is 2. The molecule has 0 atom stereocenters. The zero-order valence-electron chi connectivity index (χ0n) is 21.7. The molecule has 2 aromatic heterocycles. The Labute approximate surface area is 232 Å². The van der Waals surface area contributed by atoms with Gasteiger partial charge in [0, 0.05) is 10.9 Å². The molecule has 0 saturated heterocycles. The lowest BCUT2D eigenvalue weighted by molar-refractivity contribution is -0.136. The Morgan fingerprint density at radius 3 is 2.27 bits per heavy atom. The minimum absolute atomic E-state index is 0.0576. The number of methoxy groups -OCH3 is 2. The predicted octanol–water partition coefficient (Wildman–Crippen LogP) is 7.81. The number of alkyl halides is 3. The third kappa shape index (κ3) is 5.05. The molecule has 3 N–H and O–H groups in total. The van der Waals surface area contributed by atoms with Gasteiger partial charge in [-0.25, -0.2) is 4.98 Å². The topological polar surface area (TPSA) is 86.5 Å². The van der Waals surface area contributed by atoms with E-state index in [1.165, 1.54) is 32.4 Å². The van der Waals surface area contributed by atoms with E-state index in [9.17, 15) is 18.0 Å². The van der Waals surface area contributed by atoms with Crippen molar-refractivity contribution in [3.05, 3.63) is 88.8 Å². The second-order valence-electron chi connectivity index (χ2n) is 9.01. The number of nitrogens with one attached hydrogen (secondary N) is 1. The van der Waals surface area contributed by atoms with E-state index in [1.54, 1.807) is 12.1 Å². The number of hydrogen-bond acceptors (Lipinski definition) is 6. The molecule has 0 unspecified atom stereocenters. The maximum atomic E-state index is 13.5. The Morgan fingerprint density at radius 2 is 1.60 bits per heavy atom. The first kappa shape index (κ1) is 27.0. The van der Waals surface area contributed by atoms with Crippen LogP contribution in [0.25, 0.3) is 32.6 Å². The quantitative estimate of drug-likeness (QED) is 0.220. The van der Waals surface area contributed by atoms with Crippen molar-refractivity contribution in [3.63, 3.8) is 0 Å². The summed E-state index contributed by atoms with van der Waals surface area (Å²) in [5.74, 6) is 0.279. The highest BCUT2D eigenvalue weighted by Gasteiger charge is 2.34. The van der Waals surface area contributed by atoms with Gasteiger partial charge in [-0.1, -0.05) is 48.0 Å². The number of anilines is 2. The third-order valence-electron chi connectivity index (χ3n) is 6.43. The lowest BCUT2D eigenvalue weighted by Gasteiger charge is -2.13. The number of fused-ring (bicyclic) bond motifs is 1. The van der Waals surface area contributed by atoms with E-state index in [0.717, 1.165) is 34.1 Å². The van der Waals surface area contributed by atoms with Gasteiger partial charge in [-0.05, 0) is 48.4 Å². The molecule has 0 spiro atoms. The summed E-state index contributed by atoms with van der Waals surface area (Å²) in [4.78, 5) is 18.6. The van der Waals surface area contributed by atoms with Gasteiger partial charge in [0.05, 0.1) is 36.9 Å². The molecule has 0 saturated carbocycles. The van der Waals surface area contributed by atoms with Crippen LogP contribution in [0.1, 0.15) is 20.8 Å². The highest BCUT2D eigenvalue weighted by molar-refractivity contribution is 7.21. The summed E-state index contributed by atoms with van der Waals surface area (Å²) in [6.07, 6.45) is -4.64. The molecule has 2 heterocycles. The summed E-state index contributed by atoms with van der Waals surface area (Å²) in [5, 5.41) is 2.90. The molecule has 0 bridgehead atoms. The zero-order valence-corrected chi connectivity index (χ0v) is 22.5. The van der Waals surface area contributed by atoms with E-state index in [1.807, 2.05) is 43.3 Å². The van der Waals surface area contributed by atoms with Gasteiger partial charge in [0.15, 0.2) is 11.5 Å². The van der Waals surface area contributed by atoms with E-state index < -0.39 is 17.6 Å². The molecule has 0 aliphatic rings. The number of para-hydroxylation sites is 1. The van der Waals surface area contributed by atoms with Gasteiger partial charge in [-0.15, -0.1) is 11.3 Å². The van der Waals surface area contributed by atoms with Crippen molar-refractivity contribution in [1.82, 2.24) is 4.98 Å². The van der Waals surface area contributed by atoms with Gasteiger partial charge in [-0.2, -0.15) is 13.2 Å². The molecule has 10 heteroatoms. The molecule has 3 aromatic carbocycles. The first-order valence-electron chi connectivity index (χ1n) is 12.1. The number of pyridine rings is 1. The van der Waals surface area contributed by atoms with Crippen molar-refractivity contribution in [2.75, 3.05) is 25.3 Å². The monoisotopic (exact) mass is 563 g/mol. The Hall–Kier alpha value is -4.57. The van der Waals surface area contributed by atoms with Gasteiger partial charge >= 0.3 is 6.18 Å². The van der Waals surface area contributed by atoms with Gasteiger partial charge in [0.1, 0.15) is 9.71 Å². The molecular formula is C30H24F3N3O3S. The van der Waals surface area contributed by atoms with Gasteiger partial charge in [0.2, 0.25) is 0 Å². The fraction of sp³-hybridized carbons (Fsp3) is 0.133. The van der Waals surface area contributed by atoms with E-state index in [-0.39, 0.29) is 16.3 Å². The number of thiophene rings is 1. The van der Waals surface area contributed by atoms with Crippen molar-refractivity contribution < 1.29 is 27.4 Å². The number of carbonyl (C=O) groups is 1. The SMILES string of the molecule is COc1ccc(-c2cc(-c3ccc(C)cc3)nc3sc(C(=O)Nc4ccccc4C(F)(F)F)c(N)c23)cc1OC. The second kappa shape index (κ2) is 10.5. The number of nitrogens with two attached hydrogens (primary N) is 1. The molecule has 0 aliphatic heterocycles. The van der Waals surface area contributed by atoms with Crippen LogP contribution in [-0.2, 0) is 6.18 Å². The molecule has 5 aromatic rings. The molecule has 6 nitrogen and oxygen atoms in total. The maximum Gasteiger partial charge on any atom is 0.418 e. The largest absolute Gasteiger partial charge is 0.493 e. The minimum atomic E-state index is -4.64. The number of carbonyl (C=O) groups excluding carboxylic acids is 1. The number of rotatable bonds is 6. The number of nitrogens with zero attached hydrogens (tertiary/aromatic N) is 1. The highest BCUT2D eigenvalue weighted by atomic mass is 32.1. The summed E-state index contributed by atoms with van der Waals surface area (Å²) in [7, 11) is 3.07. The first-order chi connectivity index (χ1) is 19.1. The molecule has 1 amide bonds. The van der Waals surface area contributed by atoms with Crippen molar-refractivity contribution in [3.8, 4) is 33.9 Å². The number of aromatic nitrogens is 1. The van der Waals surface area contributed by atoms with Crippen LogP contribution in [0.15, 0.2) is 72.8 Å². The van der Waals surface area contributed by atoms with Crippen molar-refractivity contribution in [2.24, 2.45) is 0 Å². The van der Waals surface area contributed by atoms with Crippen LogP contribution >= 0.6 is 11.3 Å². The van der Waals surface area contributed by atoms with Crippen LogP contribution in [0.2, 0.25) is 0 Å². The molecule has 0 radical (unpaired) electrons. The molecule has 0 fully saturated rings. The number of amides is 1. The standard InChI is InChI=1S/C30H24F3N3O3S/c1-16-8-10-17(11-9-16)22-15-19(18-12-13-23(38-2)24(14-18)39-3)25-26(34)27(40-29(25)36-22)28(37)35-21-7-5-4-6-20(21)30(31,32)33/h4-15H,34H2,1-3H3,(H,35,37). The molecular weight excluding hydrogens is 539 g/mol. The number of hydrogen-bond donors (Lipinski definition) is 2. The fourth-order valence-electron chi connectivity index (χ4n) is 4.41. The Bertz CT molecular complexity index is 1730. The van der Waals surface area contributed by atoms with E-state index in [2.05, 4.69) is 5.32 Å². The van der Waals surface area contributed by atoms with Crippen LogP contribution < -0.4 is 20.5 Å². The Kier molecular flexibility index (Phi) is 7.12. The number of nitrogen functional groups attached to an aromatic ring is 1. The summed E-state index contributed by atoms with van der Waals surface area (Å²) < 4.78 is 51.5. The van der Waals surface area contributed by atoms with Crippen LogP contribution in [0.4, 0.5) is 24.5 Å². The second-order valence-corrected chi connectivity index (χ2v) is 10.0. The lowest BCUT2D eigenvalue weighted by Crippen LogP contribution is -2.16. The molecule has 5 rings (SSSR count). The van der Waals surface area contributed by atoms with Crippen LogP contribution in [-0.4, -0.2) is 25.1 Å². The van der Waals surface area contributed by atoms with E-state index in [0.29, 0.717) is 33.0 Å². The summed E-state index contributed by atoms with van der Waals surface area (Å²) >= 11 is 1.02. The van der Waals surface area contributed by atoms with Gasteiger partial charge in [0.25, 0.3) is 5.91 Å². The predicted molar refractivity (Wildman–Crippen MR) is 152 cm³/mol. The summed E-state index contributed by atoms with van der Waals surface area (Å²) in [5.41, 5.74) is 9.34. The van der Waals surface area contributed by atoms with Crippen LogP contribution in [0.5, 0.6) is 11.5 Å². The number of benzene rings is 3. The average Bonchev–Trinajstić information content (AvgIpc) is 3.28. The smallest absolute Gasteiger partial charge is 0.418 e. The van der Waals surface area contributed by atoms with Crippen molar-refractivity contribution in [1.29, 1.82) is 0 Å². The fourth-order valence-corrected chi connectivity index (χ4v) is 5.43. The Morgan fingerprint density at radius 1 is 0.925 bits per heavy atom. The van der Waals surface area contributed by atoms with E-state index >= 15 is 0 Å². The van der Waals surface area contributed by atoms with Crippen molar-refractivity contribution in [2.45, 2.75) is 13.1 Å². The minimum Gasteiger partial charge on any atom is -0.493 e. The Balaban J connectivity index is 1.68. The summed E-state index contributed by atoms with van der Waals surface area (Å²) in [6.45, 7) is 1.98. The van der Waals surface area contributed by atoms with E-state index in [4.69, 9.17) is 20.2 Å². The zero-order chi connectivity index (χ0) is 28.6. The van der Waals surface area contributed by atoms with Gasteiger partial charge < -0.3 is 20.5 Å². The molecule has 204 valence electrons. The van der Waals surface area contributed by atoms with Crippen molar-refractivity contribution >= 4 is 38.8 Å². The average molecular weight is 564 g/mol. The summed E-state index contributed by atoms with van der Waals surface area (Å²) in [6, 6.07) is 19.9.